The molecule has 0 bridgehead atoms. The van der Waals surface area contributed by atoms with Gasteiger partial charge in [0.15, 0.2) is 0 Å². The van der Waals surface area contributed by atoms with Gasteiger partial charge in [-0.2, -0.15) is 0 Å². The minimum absolute atomic E-state index is 0.283. The van der Waals surface area contributed by atoms with Crippen LogP contribution in [0.5, 0.6) is 0 Å². The van der Waals surface area contributed by atoms with Crippen LogP contribution in [0.25, 0.3) is 6.08 Å². The molecule has 82 valence electrons. The van der Waals surface area contributed by atoms with Gasteiger partial charge in [-0.15, -0.1) is 10.2 Å². The van der Waals surface area contributed by atoms with Crippen molar-refractivity contribution in [3.63, 3.8) is 0 Å². The van der Waals surface area contributed by atoms with Gasteiger partial charge in [0.1, 0.15) is 24.2 Å². The number of carbonyl (C=O) groups is 1. The molecule has 2 aromatic heterocycles. The van der Waals surface area contributed by atoms with Crippen molar-refractivity contribution >= 4 is 12.0 Å². The second-order valence-corrected chi connectivity index (χ2v) is 3.13. The predicted molar refractivity (Wildman–Crippen MR) is 56.9 cm³/mol. The van der Waals surface area contributed by atoms with Crippen molar-refractivity contribution in [2.45, 2.75) is 6.92 Å². The van der Waals surface area contributed by atoms with E-state index in [1.165, 1.54) is 23.4 Å². The lowest BCUT2D eigenvalue weighted by molar-refractivity contribution is -0.112. The number of carbonyl (C=O) groups excluding carboxylic acids is 1. The van der Waals surface area contributed by atoms with Crippen LogP contribution in [0.2, 0.25) is 0 Å². The van der Waals surface area contributed by atoms with Crippen molar-refractivity contribution in [1.82, 2.24) is 14.9 Å². The Morgan fingerprint density at radius 2 is 2.19 bits per heavy atom. The fraction of sp³-hybridized carbons (Fsp3) is 0.100. The van der Waals surface area contributed by atoms with Crippen LogP contribution >= 0.6 is 0 Å². The van der Waals surface area contributed by atoms with Gasteiger partial charge >= 0.3 is 0 Å². The van der Waals surface area contributed by atoms with E-state index in [0.29, 0.717) is 5.76 Å². The summed E-state index contributed by atoms with van der Waals surface area (Å²) in [4.78, 5) is 11.4. The lowest BCUT2D eigenvalue weighted by Crippen LogP contribution is -2.18. The van der Waals surface area contributed by atoms with Crippen molar-refractivity contribution in [3.05, 3.63) is 42.4 Å². The van der Waals surface area contributed by atoms with Crippen LogP contribution in [0.15, 0.2) is 35.3 Å². The van der Waals surface area contributed by atoms with Gasteiger partial charge in [0, 0.05) is 6.08 Å². The van der Waals surface area contributed by atoms with E-state index in [0.717, 1.165) is 5.76 Å². The largest absolute Gasteiger partial charge is 0.462 e. The van der Waals surface area contributed by atoms with E-state index in [1.54, 1.807) is 12.1 Å². The summed E-state index contributed by atoms with van der Waals surface area (Å²) in [5, 5.41) is 7.10. The lowest BCUT2D eigenvalue weighted by atomic mass is 10.4. The molecule has 0 spiro atoms. The van der Waals surface area contributed by atoms with Crippen LogP contribution in [0.4, 0.5) is 0 Å². The number of amides is 1. The third-order valence-electron chi connectivity index (χ3n) is 1.82. The molecule has 1 amide bonds. The van der Waals surface area contributed by atoms with Crippen molar-refractivity contribution in [3.8, 4) is 0 Å². The zero-order valence-corrected chi connectivity index (χ0v) is 8.62. The fourth-order valence-corrected chi connectivity index (χ4v) is 1.12. The molecule has 0 atom stereocenters. The Balaban J connectivity index is 1.94. The molecule has 0 aromatic carbocycles. The summed E-state index contributed by atoms with van der Waals surface area (Å²) in [5.41, 5.74) is 2.52. The molecule has 1 N–H and O–H groups in total. The van der Waals surface area contributed by atoms with Crippen LogP contribution in [-0.4, -0.2) is 20.8 Å². The first kappa shape index (κ1) is 10.2. The Kier molecular flexibility index (Phi) is 2.81. The Morgan fingerprint density at radius 3 is 2.81 bits per heavy atom. The zero-order chi connectivity index (χ0) is 11.4. The number of furan rings is 1. The molecule has 0 fully saturated rings. The first-order valence-corrected chi connectivity index (χ1v) is 4.64. The van der Waals surface area contributed by atoms with Gasteiger partial charge in [-0.1, -0.05) is 0 Å². The maximum Gasteiger partial charge on any atom is 0.263 e. The average Bonchev–Trinajstić information content (AvgIpc) is 2.87. The summed E-state index contributed by atoms with van der Waals surface area (Å²) in [6.07, 6.45) is 5.75. The third kappa shape index (κ3) is 2.57. The Labute approximate surface area is 91.6 Å². The maximum atomic E-state index is 11.4. The number of aromatic nitrogens is 3. The summed E-state index contributed by atoms with van der Waals surface area (Å²) in [6, 6.07) is 3.62. The van der Waals surface area contributed by atoms with E-state index in [-0.39, 0.29) is 5.91 Å². The number of aryl methyl sites for hydroxylation is 1. The molecule has 0 aliphatic carbocycles. The van der Waals surface area contributed by atoms with E-state index in [1.807, 2.05) is 13.0 Å². The second-order valence-electron chi connectivity index (χ2n) is 3.13. The number of nitrogens with one attached hydrogen (secondary N) is 1. The fourth-order valence-electron chi connectivity index (χ4n) is 1.12. The molecule has 0 aliphatic heterocycles. The third-order valence-corrected chi connectivity index (χ3v) is 1.82. The van der Waals surface area contributed by atoms with Crippen LogP contribution in [0.3, 0.4) is 0 Å². The highest BCUT2D eigenvalue weighted by Gasteiger charge is 1.97. The van der Waals surface area contributed by atoms with E-state index in [2.05, 4.69) is 15.6 Å². The Hall–Kier alpha value is -2.37. The standard InChI is InChI=1S/C10H10N4O2/c1-8-2-3-9(16-8)4-5-10(15)13-14-6-11-12-7-14/h2-7H,1H3,(H,13,15). The van der Waals surface area contributed by atoms with Gasteiger partial charge in [0.2, 0.25) is 0 Å². The molecule has 16 heavy (non-hydrogen) atoms. The summed E-state index contributed by atoms with van der Waals surface area (Å²) in [5.74, 6) is 1.16. The smallest absolute Gasteiger partial charge is 0.263 e. The van der Waals surface area contributed by atoms with Gasteiger partial charge < -0.3 is 4.42 Å². The minimum Gasteiger partial charge on any atom is -0.462 e. The summed E-state index contributed by atoms with van der Waals surface area (Å²) in [6.45, 7) is 1.84. The highest BCUT2D eigenvalue weighted by molar-refractivity contribution is 5.97. The molecule has 2 heterocycles. The lowest BCUT2D eigenvalue weighted by Gasteiger charge is -1.98. The SMILES string of the molecule is Cc1ccc(C=CC(=O)Nn2cnnc2)o1. The van der Waals surface area contributed by atoms with Gasteiger partial charge in [-0.3, -0.25) is 10.2 Å². The second kappa shape index (κ2) is 4.43. The molecule has 2 aromatic rings. The molecule has 0 saturated carbocycles. The van der Waals surface area contributed by atoms with E-state index < -0.39 is 0 Å². The van der Waals surface area contributed by atoms with Gasteiger partial charge in [0.25, 0.3) is 5.91 Å². The van der Waals surface area contributed by atoms with Crippen LogP contribution in [-0.2, 0) is 4.79 Å². The van der Waals surface area contributed by atoms with Crippen molar-refractivity contribution in [2.75, 3.05) is 5.43 Å². The van der Waals surface area contributed by atoms with Gasteiger partial charge in [-0.05, 0) is 25.1 Å². The molecule has 0 aliphatic rings. The molecule has 6 heteroatoms. The summed E-state index contributed by atoms with van der Waals surface area (Å²) >= 11 is 0. The van der Waals surface area contributed by atoms with Gasteiger partial charge in [-0.25, -0.2) is 4.68 Å². The minimum atomic E-state index is -0.283. The first-order valence-electron chi connectivity index (χ1n) is 4.64. The highest BCUT2D eigenvalue weighted by Crippen LogP contribution is 2.07. The van der Waals surface area contributed by atoms with Crippen molar-refractivity contribution in [2.24, 2.45) is 0 Å². The van der Waals surface area contributed by atoms with Crippen LogP contribution in [0.1, 0.15) is 11.5 Å². The van der Waals surface area contributed by atoms with Crippen LogP contribution in [0, 0.1) is 6.92 Å². The number of nitrogens with zero attached hydrogens (tertiary/aromatic N) is 3. The molecule has 2 rings (SSSR count). The number of rotatable bonds is 3. The maximum absolute atomic E-state index is 11.4. The number of hydrogen-bond donors (Lipinski definition) is 1. The Bertz CT molecular complexity index is 499. The van der Waals surface area contributed by atoms with Crippen molar-refractivity contribution in [1.29, 1.82) is 0 Å². The molecule has 0 unspecified atom stereocenters. The predicted octanol–water partition coefficient (Wildman–Crippen LogP) is 0.963. The van der Waals surface area contributed by atoms with Gasteiger partial charge in [0.05, 0.1) is 0 Å². The number of hydrogen-bond acceptors (Lipinski definition) is 4. The molecular formula is C10H10N4O2. The average molecular weight is 218 g/mol. The molecular weight excluding hydrogens is 208 g/mol. The molecule has 6 nitrogen and oxygen atoms in total. The topological polar surface area (TPSA) is 73.0 Å². The molecule has 0 radical (unpaired) electrons. The van der Waals surface area contributed by atoms with Crippen LogP contribution < -0.4 is 5.43 Å². The van der Waals surface area contributed by atoms with Crippen molar-refractivity contribution < 1.29 is 9.21 Å². The van der Waals surface area contributed by atoms with E-state index in [4.69, 9.17) is 4.42 Å². The highest BCUT2D eigenvalue weighted by atomic mass is 16.3. The van der Waals surface area contributed by atoms with E-state index >= 15 is 0 Å². The van der Waals surface area contributed by atoms with E-state index in [9.17, 15) is 4.79 Å². The first-order chi connectivity index (χ1) is 7.74. The monoisotopic (exact) mass is 218 g/mol. The normalized spacial score (nSPS) is 10.8. The zero-order valence-electron chi connectivity index (χ0n) is 8.62. The Morgan fingerprint density at radius 1 is 1.44 bits per heavy atom. The quantitative estimate of drug-likeness (QED) is 0.779. The molecule has 0 saturated heterocycles. The summed E-state index contributed by atoms with van der Waals surface area (Å²) < 4.78 is 6.63. The summed E-state index contributed by atoms with van der Waals surface area (Å²) in [7, 11) is 0.